The van der Waals surface area contributed by atoms with Crippen molar-refractivity contribution in [2.45, 2.75) is 45.3 Å². The fourth-order valence-corrected chi connectivity index (χ4v) is 5.70. The minimum absolute atomic E-state index is 0.00824. The van der Waals surface area contributed by atoms with Gasteiger partial charge in [-0.25, -0.2) is 9.37 Å². The molecule has 0 atom stereocenters. The molecule has 6 nitrogen and oxygen atoms in total. The van der Waals surface area contributed by atoms with Crippen LogP contribution < -0.4 is 5.32 Å². The minimum atomic E-state index is -4.69. The monoisotopic (exact) mass is 563 g/mol. The van der Waals surface area contributed by atoms with E-state index in [1.165, 1.54) is 18.8 Å². The molecule has 1 aliphatic rings. The highest BCUT2D eigenvalue weighted by molar-refractivity contribution is 5.92. The third-order valence-corrected chi connectivity index (χ3v) is 8.24. The standard InChI is InChI=1S/C31H29F4N5O/c1-3-30(12-7-13-30)17-36-16-19-14-22(31(33,34)35)27-24(15-19)38-29(41-27)26-23(32)11-10-21(20-8-5-4-6-9-20)25(26)28-39-37-18-40(28)2/h4-6,8-11,14-15,18,36H,3,7,12-13,16-17H2,1-2H3. The molecule has 2 aromatic heterocycles. The average molecular weight is 564 g/mol. The van der Waals surface area contributed by atoms with Gasteiger partial charge in [0.25, 0.3) is 0 Å². The molecule has 5 aromatic rings. The molecular formula is C31H29F4N5O. The maximum Gasteiger partial charge on any atom is 0.420 e. The highest BCUT2D eigenvalue weighted by Crippen LogP contribution is 2.44. The molecule has 1 fully saturated rings. The Bertz CT molecular complexity index is 1700. The number of rotatable bonds is 8. The van der Waals surface area contributed by atoms with E-state index in [2.05, 4.69) is 27.4 Å². The summed E-state index contributed by atoms with van der Waals surface area (Å²) in [4.78, 5) is 4.42. The van der Waals surface area contributed by atoms with Crippen LogP contribution in [0.4, 0.5) is 17.6 Å². The third kappa shape index (κ3) is 5.01. The van der Waals surface area contributed by atoms with Gasteiger partial charge in [-0.3, -0.25) is 0 Å². The first-order chi connectivity index (χ1) is 19.7. The van der Waals surface area contributed by atoms with Gasteiger partial charge in [0.05, 0.1) is 5.56 Å². The average Bonchev–Trinajstić information content (AvgIpc) is 3.55. The lowest BCUT2D eigenvalue weighted by atomic mass is 9.67. The number of aryl methyl sites for hydroxylation is 1. The van der Waals surface area contributed by atoms with Crippen LogP contribution in [0.1, 0.15) is 43.7 Å². The first-order valence-electron chi connectivity index (χ1n) is 13.6. The lowest BCUT2D eigenvalue weighted by molar-refractivity contribution is -0.136. The largest absolute Gasteiger partial charge is 0.435 e. The first kappa shape index (κ1) is 27.1. The zero-order valence-electron chi connectivity index (χ0n) is 22.7. The number of fused-ring (bicyclic) bond motifs is 1. The molecule has 1 N–H and O–H groups in total. The van der Waals surface area contributed by atoms with Crippen molar-refractivity contribution in [3.8, 4) is 34.0 Å². The molecule has 1 saturated carbocycles. The van der Waals surface area contributed by atoms with Crippen molar-refractivity contribution >= 4 is 11.1 Å². The van der Waals surface area contributed by atoms with Gasteiger partial charge in [-0.05, 0) is 59.6 Å². The predicted molar refractivity (Wildman–Crippen MR) is 148 cm³/mol. The number of aromatic nitrogens is 4. The van der Waals surface area contributed by atoms with Crippen LogP contribution in [0.15, 0.2) is 65.3 Å². The molecule has 10 heteroatoms. The van der Waals surface area contributed by atoms with Gasteiger partial charge in [-0.15, -0.1) is 10.2 Å². The Labute approximate surface area is 234 Å². The second-order valence-electron chi connectivity index (χ2n) is 10.8. The van der Waals surface area contributed by atoms with Gasteiger partial charge in [0.1, 0.15) is 23.2 Å². The topological polar surface area (TPSA) is 68.8 Å². The molecule has 0 radical (unpaired) electrons. The third-order valence-electron chi connectivity index (χ3n) is 8.24. The Morgan fingerprint density at radius 2 is 1.83 bits per heavy atom. The Kier molecular flexibility index (Phi) is 6.89. The number of alkyl halides is 3. The molecule has 0 spiro atoms. The molecule has 0 bridgehead atoms. The van der Waals surface area contributed by atoms with E-state index in [0.29, 0.717) is 22.5 Å². The number of nitrogens with one attached hydrogen (secondary N) is 1. The fourth-order valence-electron chi connectivity index (χ4n) is 5.70. The molecule has 41 heavy (non-hydrogen) atoms. The zero-order chi connectivity index (χ0) is 28.8. The fraction of sp³-hybridized carbons (Fsp3) is 0.323. The second kappa shape index (κ2) is 10.4. The van der Waals surface area contributed by atoms with Crippen LogP contribution in [0, 0.1) is 11.2 Å². The van der Waals surface area contributed by atoms with E-state index in [4.69, 9.17) is 4.42 Å². The van der Waals surface area contributed by atoms with Crippen LogP contribution >= 0.6 is 0 Å². The quantitative estimate of drug-likeness (QED) is 0.195. The number of nitrogens with zero attached hydrogens (tertiary/aromatic N) is 4. The van der Waals surface area contributed by atoms with Crippen LogP contribution in [-0.2, 0) is 19.8 Å². The summed E-state index contributed by atoms with van der Waals surface area (Å²) in [5.41, 5.74) is 0.898. The van der Waals surface area contributed by atoms with Gasteiger partial charge in [0, 0.05) is 25.7 Å². The van der Waals surface area contributed by atoms with E-state index >= 15 is 4.39 Å². The molecule has 0 saturated heterocycles. The van der Waals surface area contributed by atoms with Gasteiger partial charge in [-0.1, -0.05) is 49.7 Å². The molecule has 2 heterocycles. The highest BCUT2D eigenvalue weighted by Gasteiger charge is 2.37. The molecule has 3 aromatic carbocycles. The minimum Gasteiger partial charge on any atom is -0.435 e. The SMILES string of the molecule is CCC1(CNCc2cc(C(F)(F)F)c3oc(-c4c(F)ccc(-c5ccccc5)c4-c4nncn4C)nc3c2)CCC1. The number of hydrogen-bond donors (Lipinski definition) is 1. The molecule has 1 aliphatic carbocycles. The molecule has 6 rings (SSSR count). The first-order valence-corrected chi connectivity index (χ1v) is 13.6. The smallest absolute Gasteiger partial charge is 0.420 e. The van der Waals surface area contributed by atoms with Crippen molar-refractivity contribution in [1.29, 1.82) is 0 Å². The molecule has 0 aliphatic heterocycles. The van der Waals surface area contributed by atoms with Crippen LogP contribution in [0.5, 0.6) is 0 Å². The van der Waals surface area contributed by atoms with E-state index in [9.17, 15) is 13.2 Å². The van der Waals surface area contributed by atoms with Gasteiger partial charge < -0.3 is 14.3 Å². The Morgan fingerprint density at radius 3 is 2.46 bits per heavy atom. The van der Waals surface area contributed by atoms with E-state index in [-0.39, 0.29) is 28.9 Å². The van der Waals surface area contributed by atoms with Gasteiger partial charge in [0.15, 0.2) is 11.4 Å². The van der Waals surface area contributed by atoms with E-state index in [0.717, 1.165) is 37.4 Å². The van der Waals surface area contributed by atoms with E-state index in [1.807, 2.05) is 30.3 Å². The maximum atomic E-state index is 15.7. The summed E-state index contributed by atoms with van der Waals surface area (Å²) in [6, 6.07) is 14.8. The van der Waals surface area contributed by atoms with Crippen molar-refractivity contribution < 1.29 is 22.0 Å². The Balaban J connectivity index is 1.49. The van der Waals surface area contributed by atoms with Crippen molar-refractivity contribution in [2.24, 2.45) is 12.5 Å². The lowest BCUT2D eigenvalue weighted by Crippen LogP contribution is -2.39. The van der Waals surface area contributed by atoms with Gasteiger partial charge in [-0.2, -0.15) is 13.2 Å². The van der Waals surface area contributed by atoms with E-state index in [1.54, 1.807) is 23.7 Å². The number of benzene rings is 3. The van der Waals surface area contributed by atoms with Crippen LogP contribution in [0.2, 0.25) is 0 Å². The van der Waals surface area contributed by atoms with Crippen molar-refractivity contribution in [3.05, 3.63) is 77.9 Å². The lowest BCUT2D eigenvalue weighted by Gasteiger charge is -2.41. The predicted octanol–water partition coefficient (Wildman–Crippen LogP) is 7.79. The van der Waals surface area contributed by atoms with Gasteiger partial charge in [0.2, 0.25) is 5.89 Å². The van der Waals surface area contributed by atoms with Crippen LogP contribution in [0.25, 0.3) is 45.1 Å². The maximum absolute atomic E-state index is 15.7. The van der Waals surface area contributed by atoms with Gasteiger partial charge >= 0.3 is 6.18 Å². The summed E-state index contributed by atoms with van der Waals surface area (Å²) in [5, 5.41) is 11.5. The molecular weight excluding hydrogens is 534 g/mol. The summed E-state index contributed by atoms with van der Waals surface area (Å²) >= 11 is 0. The summed E-state index contributed by atoms with van der Waals surface area (Å²) in [6.07, 6.45) is 1.23. The molecule has 212 valence electrons. The summed E-state index contributed by atoms with van der Waals surface area (Å²) in [6.45, 7) is 3.14. The van der Waals surface area contributed by atoms with Crippen molar-refractivity contribution in [1.82, 2.24) is 25.1 Å². The van der Waals surface area contributed by atoms with Crippen molar-refractivity contribution in [3.63, 3.8) is 0 Å². The summed E-state index contributed by atoms with van der Waals surface area (Å²) in [5.74, 6) is -0.638. The number of hydrogen-bond acceptors (Lipinski definition) is 5. The zero-order valence-corrected chi connectivity index (χ0v) is 22.7. The summed E-state index contributed by atoms with van der Waals surface area (Å²) < 4.78 is 65.8. The Morgan fingerprint density at radius 1 is 1.05 bits per heavy atom. The second-order valence-corrected chi connectivity index (χ2v) is 10.8. The van der Waals surface area contributed by atoms with E-state index < -0.39 is 23.1 Å². The molecule has 0 amide bonds. The normalized spacial score (nSPS) is 14.9. The van der Waals surface area contributed by atoms with Crippen LogP contribution in [0.3, 0.4) is 0 Å². The Hall–Kier alpha value is -4.05. The number of halogens is 4. The highest BCUT2D eigenvalue weighted by atomic mass is 19.4. The van der Waals surface area contributed by atoms with Crippen molar-refractivity contribution in [2.75, 3.05) is 6.54 Å². The van der Waals surface area contributed by atoms with Crippen LogP contribution in [-0.4, -0.2) is 26.3 Å². The molecule has 0 unspecified atom stereocenters. The number of oxazole rings is 1. The summed E-state index contributed by atoms with van der Waals surface area (Å²) in [7, 11) is 1.71.